The maximum absolute atomic E-state index is 13.2. The van der Waals surface area contributed by atoms with Crippen LogP contribution in [-0.2, 0) is 4.74 Å². The first-order chi connectivity index (χ1) is 15.4. The van der Waals surface area contributed by atoms with Gasteiger partial charge >= 0.3 is 0 Å². The van der Waals surface area contributed by atoms with Crippen LogP contribution < -0.4 is 0 Å². The fourth-order valence-corrected chi connectivity index (χ4v) is 3.95. The molecule has 164 valence electrons. The Morgan fingerprint density at radius 1 is 1.09 bits per heavy atom. The number of nitrogens with one attached hydrogen (secondary N) is 1. The van der Waals surface area contributed by atoms with Gasteiger partial charge in [-0.05, 0) is 12.0 Å². The molecular weight excluding hydrogens is 418 g/mol. The van der Waals surface area contributed by atoms with Crippen molar-refractivity contribution < 1.29 is 19.4 Å². The molecule has 4 rings (SSSR count). The minimum Gasteiger partial charge on any atom is -0.385 e. The van der Waals surface area contributed by atoms with Crippen LogP contribution in [0.2, 0.25) is 0 Å². The largest absolute Gasteiger partial charge is 0.385 e. The zero-order valence-corrected chi connectivity index (χ0v) is 17.1. The molecule has 1 unspecified atom stereocenters. The topological polar surface area (TPSA) is 144 Å². The van der Waals surface area contributed by atoms with Crippen molar-refractivity contribution in [3.63, 3.8) is 0 Å². The summed E-state index contributed by atoms with van der Waals surface area (Å²) in [6.45, 7) is 0.798. The van der Waals surface area contributed by atoms with Gasteiger partial charge in [0.25, 0.3) is 17.3 Å². The van der Waals surface area contributed by atoms with Crippen LogP contribution in [0.1, 0.15) is 34.1 Å². The fraction of sp³-hybridized carbons (Fsp3) is 0.238. The molecule has 0 bridgehead atoms. The van der Waals surface area contributed by atoms with Crippen molar-refractivity contribution in [1.29, 1.82) is 0 Å². The Hall–Kier alpha value is -4.12. The van der Waals surface area contributed by atoms with Gasteiger partial charge in [-0.1, -0.05) is 24.3 Å². The third kappa shape index (κ3) is 3.69. The van der Waals surface area contributed by atoms with Crippen molar-refractivity contribution in [2.45, 2.75) is 12.5 Å². The summed E-state index contributed by atoms with van der Waals surface area (Å²) in [4.78, 5) is 36.4. The molecular formula is C21H19N5O6. The summed E-state index contributed by atoms with van der Waals surface area (Å²) in [7, 11) is 1.57. The van der Waals surface area contributed by atoms with Crippen LogP contribution in [-0.4, -0.2) is 51.1 Å². The zero-order chi connectivity index (χ0) is 22.8. The molecule has 3 aromatic rings. The zero-order valence-electron chi connectivity index (χ0n) is 17.1. The highest BCUT2D eigenvalue weighted by molar-refractivity contribution is 6.00. The third-order valence-corrected chi connectivity index (χ3v) is 5.34. The number of benzene rings is 2. The number of hydrogen-bond donors (Lipinski definition) is 1. The highest BCUT2D eigenvalue weighted by Gasteiger charge is 2.42. The Bertz CT molecular complexity index is 1210. The lowest BCUT2D eigenvalue weighted by Crippen LogP contribution is -2.31. The number of carbonyl (C=O) groups excluding carboxylic acids is 1. The second-order valence-corrected chi connectivity index (χ2v) is 7.27. The van der Waals surface area contributed by atoms with Crippen molar-refractivity contribution in [2.75, 3.05) is 20.3 Å². The first-order valence-electron chi connectivity index (χ1n) is 9.79. The lowest BCUT2D eigenvalue weighted by molar-refractivity contribution is -0.385. The maximum Gasteiger partial charge on any atom is 0.273 e. The fourth-order valence-electron chi connectivity index (χ4n) is 3.95. The number of ether oxygens (including phenoxy) is 1. The number of methoxy groups -OCH3 is 1. The monoisotopic (exact) mass is 437 g/mol. The number of hydrogen-bond acceptors (Lipinski definition) is 7. The minimum absolute atomic E-state index is 0.0966. The molecule has 1 atom stereocenters. The van der Waals surface area contributed by atoms with E-state index in [1.54, 1.807) is 36.3 Å². The van der Waals surface area contributed by atoms with Gasteiger partial charge in [0.05, 0.1) is 21.6 Å². The van der Waals surface area contributed by atoms with Crippen molar-refractivity contribution in [3.05, 3.63) is 85.6 Å². The molecule has 2 heterocycles. The van der Waals surface area contributed by atoms with E-state index >= 15 is 0 Å². The number of nitro groups is 2. The van der Waals surface area contributed by atoms with Crippen molar-refractivity contribution >= 4 is 17.3 Å². The van der Waals surface area contributed by atoms with Crippen LogP contribution >= 0.6 is 0 Å². The van der Waals surface area contributed by atoms with Gasteiger partial charge in [0.15, 0.2) is 0 Å². The Labute approximate surface area is 181 Å². The van der Waals surface area contributed by atoms with Gasteiger partial charge in [0.1, 0.15) is 5.69 Å². The Balaban J connectivity index is 1.85. The number of non-ortho nitro benzene ring substituents is 2. The van der Waals surface area contributed by atoms with Gasteiger partial charge in [-0.2, -0.15) is 5.10 Å². The number of aromatic nitrogens is 2. The smallest absolute Gasteiger partial charge is 0.273 e. The molecule has 1 aromatic heterocycles. The molecule has 0 spiro atoms. The molecule has 1 aliphatic rings. The summed E-state index contributed by atoms with van der Waals surface area (Å²) >= 11 is 0. The number of carbonyl (C=O) groups is 1. The molecule has 0 aliphatic carbocycles. The van der Waals surface area contributed by atoms with Crippen LogP contribution in [0.25, 0.3) is 11.3 Å². The summed E-state index contributed by atoms with van der Waals surface area (Å²) in [5.74, 6) is -0.295. The number of nitrogens with zero attached hydrogens (tertiary/aromatic N) is 4. The van der Waals surface area contributed by atoms with Crippen molar-refractivity contribution in [3.8, 4) is 11.3 Å². The van der Waals surface area contributed by atoms with Gasteiger partial charge < -0.3 is 9.64 Å². The van der Waals surface area contributed by atoms with E-state index in [4.69, 9.17) is 4.74 Å². The molecule has 2 aromatic carbocycles. The number of fused-ring (bicyclic) bond motifs is 1. The standard InChI is InChI=1S/C21H19N5O6/c1-32-10-4-9-24-20(14-6-3-8-16(12-14)26(30)31)17-18(22-23-19(17)21(24)27)13-5-2-7-15(11-13)25(28)29/h2-3,5-8,11-12,20H,4,9-10H2,1H3,(H,22,23). The number of rotatable bonds is 8. The number of H-pyrrole nitrogens is 1. The molecule has 0 radical (unpaired) electrons. The van der Waals surface area contributed by atoms with Gasteiger partial charge in [-0.3, -0.25) is 30.1 Å². The van der Waals surface area contributed by atoms with Crippen LogP contribution in [0.15, 0.2) is 48.5 Å². The minimum atomic E-state index is -0.637. The van der Waals surface area contributed by atoms with E-state index in [9.17, 15) is 25.0 Å². The Morgan fingerprint density at radius 2 is 1.78 bits per heavy atom. The van der Waals surface area contributed by atoms with E-state index in [1.165, 1.54) is 24.3 Å². The molecule has 1 aliphatic heterocycles. The summed E-state index contributed by atoms with van der Waals surface area (Å²) < 4.78 is 5.10. The van der Waals surface area contributed by atoms with E-state index in [0.29, 0.717) is 42.0 Å². The van der Waals surface area contributed by atoms with Gasteiger partial charge in [0.2, 0.25) is 0 Å². The van der Waals surface area contributed by atoms with Gasteiger partial charge in [-0.25, -0.2) is 0 Å². The van der Waals surface area contributed by atoms with E-state index in [2.05, 4.69) is 10.2 Å². The first kappa shape index (κ1) is 21.1. The first-order valence-corrected chi connectivity index (χ1v) is 9.79. The molecule has 0 saturated carbocycles. The number of aromatic amines is 1. The molecule has 1 amide bonds. The SMILES string of the molecule is COCCCN1C(=O)c2[nH]nc(-c3cccc([N+](=O)[O-])c3)c2C1c1cccc([N+](=O)[O-])c1. The van der Waals surface area contributed by atoms with Gasteiger partial charge in [0, 0.05) is 55.7 Å². The van der Waals surface area contributed by atoms with Crippen LogP contribution in [0.5, 0.6) is 0 Å². The van der Waals surface area contributed by atoms with E-state index in [1.807, 2.05) is 0 Å². The Kier molecular flexibility index (Phi) is 5.65. The van der Waals surface area contributed by atoms with Crippen LogP contribution in [0.4, 0.5) is 11.4 Å². The molecule has 11 heteroatoms. The highest BCUT2D eigenvalue weighted by atomic mass is 16.6. The summed E-state index contributed by atoms with van der Waals surface area (Å²) in [5.41, 5.74) is 2.01. The van der Waals surface area contributed by atoms with Gasteiger partial charge in [-0.15, -0.1) is 0 Å². The average Bonchev–Trinajstić information content (AvgIpc) is 3.33. The summed E-state index contributed by atoms with van der Waals surface area (Å²) in [6, 6.07) is 11.4. The van der Waals surface area contributed by atoms with Crippen LogP contribution in [0.3, 0.4) is 0 Å². The lowest BCUT2D eigenvalue weighted by atomic mass is 9.95. The highest BCUT2D eigenvalue weighted by Crippen LogP contribution is 2.43. The van der Waals surface area contributed by atoms with Crippen LogP contribution in [0, 0.1) is 20.2 Å². The quantitative estimate of drug-likeness (QED) is 0.323. The van der Waals surface area contributed by atoms with E-state index in [-0.39, 0.29) is 23.0 Å². The number of nitro benzene ring substituents is 2. The van der Waals surface area contributed by atoms with E-state index < -0.39 is 15.9 Å². The lowest BCUT2D eigenvalue weighted by Gasteiger charge is -2.26. The summed E-state index contributed by atoms with van der Waals surface area (Å²) in [6.07, 6.45) is 0.567. The second-order valence-electron chi connectivity index (χ2n) is 7.27. The van der Waals surface area contributed by atoms with Crippen molar-refractivity contribution in [1.82, 2.24) is 15.1 Å². The normalized spacial score (nSPS) is 15.1. The maximum atomic E-state index is 13.2. The Morgan fingerprint density at radius 3 is 2.47 bits per heavy atom. The predicted molar refractivity (Wildman–Crippen MR) is 113 cm³/mol. The average molecular weight is 437 g/mol. The molecule has 11 nitrogen and oxygen atoms in total. The molecule has 0 saturated heterocycles. The molecule has 1 N–H and O–H groups in total. The molecule has 0 fully saturated rings. The van der Waals surface area contributed by atoms with Crippen molar-refractivity contribution in [2.24, 2.45) is 0 Å². The van der Waals surface area contributed by atoms with E-state index in [0.717, 1.165) is 0 Å². The number of amides is 1. The molecule has 32 heavy (non-hydrogen) atoms. The summed E-state index contributed by atoms with van der Waals surface area (Å²) in [5, 5.41) is 29.6. The second kappa shape index (κ2) is 8.55. The third-order valence-electron chi connectivity index (χ3n) is 5.34. The predicted octanol–water partition coefficient (Wildman–Crippen LogP) is 3.47.